The van der Waals surface area contributed by atoms with E-state index in [9.17, 15) is 13.2 Å². The maximum Gasteiger partial charge on any atom is 0.152 e. The molecule has 33 heavy (non-hydrogen) atoms. The Balaban J connectivity index is 0.000000157. The van der Waals surface area contributed by atoms with Crippen LogP contribution in [0.2, 0.25) is 0 Å². The molecule has 0 radical (unpaired) electrons. The summed E-state index contributed by atoms with van der Waals surface area (Å²) >= 11 is 6.37. The highest BCUT2D eigenvalue weighted by molar-refractivity contribution is 9.10. The lowest BCUT2D eigenvalue weighted by Crippen LogP contribution is -2.20. The van der Waals surface area contributed by atoms with Crippen LogP contribution in [0, 0.1) is 17.5 Å². The van der Waals surface area contributed by atoms with E-state index in [-0.39, 0.29) is 22.6 Å². The molecule has 0 atom stereocenters. The molecule has 0 aliphatic carbocycles. The molecule has 0 bridgehead atoms. The standard InChI is InChI=1S/C12H13BrF2N2.C12H12BrFN2/c1-12(2)4-3-10(17-12)16-11-8(14)5-7(13)6-9(11)15;1-12(2)4-3-10-15-11-8(14)5-7(13)6-9(11)16(10)12/h5-6H,3-4H2,1-2H3,(H,16,17);5-6H,3-4H2,1-2H3. The largest absolute Gasteiger partial charge is 0.339 e. The Morgan fingerprint density at radius 1 is 0.879 bits per heavy atom. The fourth-order valence-electron chi connectivity index (χ4n) is 4.32. The number of aromatic nitrogens is 2. The Kier molecular flexibility index (Phi) is 6.41. The van der Waals surface area contributed by atoms with Gasteiger partial charge in [-0.15, -0.1) is 0 Å². The number of benzene rings is 2. The Labute approximate surface area is 207 Å². The summed E-state index contributed by atoms with van der Waals surface area (Å²) in [7, 11) is 0. The van der Waals surface area contributed by atoms with Gasteiger partial charge < -0.3 is 9.88 Å². The van der Waals surface area contributed by atoms with Crippen LogP contribution >= 0.6 is 31.9 Å². The van der Waals surface area contributed by atoms with Gasteiger partial charge in [-0.2, -0.15) is 0 Å². The zero-order chi connectivity index (χ0) is 24.1. The van der Waals surface area contributed by atoms with Crippen molar-refractivity contribution in [2.45, 2.75) is 64.5 Å². The highest BCUT2D eigenvalue weighted by Gasteiger charge is 2.32. The lowest BCUT2D eigenvalue weighted by atomic mass is 10.0. The average molecular weight is 586 g/mol. The van der Waals surface area contributed by atoms with Gasteiger partial charge in [0.25, 0.3) is 0 Å². The van der Waals surface area contributed by atoms with E-state index < -0.39 is 11.6 Å². The summed E-state index contributed by atoms with van der Waals surface area (Å²) in [5.74, 6) is 0.141. The molecule has 5 rings (SSSR count). The van der Waals surface area contributed by atoms with E-state index in [1.165, 1.54) is 18.2 Å². The molecule has 0 fully saturated rings. The van der Waals surface area contributed by atoms with Crippen molar-refractivity contribution in [2.24, 2.45) is 4.99 Å². The summed E-state index contributed by atoms with van der Waals surface area (Å²) in [4.78, 5) is 8.78. The van der Waals surface area contributed by atoms with E-state index in [0.717, 1.165) is 35.1 Å². The van der Waals surface area contributed by atoms with Crippen LogP contribution in [0.15, 0.2) is 38.2 Å². The van der Waals surface area contributed by atoms with E-state index in [1.54, 1.807) is 0 Å². The molecular weight excluding hydrogens is 561 g/mol. The molecule has 176 valence electrons. The SMILES string of the molecule is CC1(C)CCC(Nc2c(F)cc(Br)cc2F)=N1.CC1(C)CCc2nc3c(F)cc(Br)cc3n21. The maximum absolute atomic E-state index is 13.7. The van der Waals surface area contributed by atoms with Crippen LogP contribution in [0.1, 0.15) is 52.8 Å². The number of aryl methyl sites for hydroxylation is 1. The second-order valence-corrected chi connectivity index (χ2v) is 11.5. The maximum atomic E-state index is 13.7. The van der Waals surface area contributed by atoms with Crippen molar-refractivity contribution in [1.82, 2.24) is 9.55 Å². The number of aliphatic imine (C=N–C) groups is 1. The molecule has 0 saturated heterocycles. The minimum atomic E-state index is -0.621. The van der Waals surface area contributed by atoms with Crippen LogP contribution in [-0.4, -0.2) is 20.9 Å². The van der Waals surface area contributed by atoms with Crippen molar-refractivity contribution in [3.8, 4) is 0 Å². The van der Waals surface area contributed by atoms with Gasteiger partial charge in [0.15, 0.2) is 17.5 Å². The average Bonchev–Trinajstić information content (AvgIpc) is 3.32. The molecule has 1 N–H and O–H groups in total. The van der Waals surface area contributed by atoms with Gasteiger partial charge in [0.2, 0.25) is 0 Å². The van der Waals surface area contributed by atoms with Gasteiger partial charge >= 0.3 is 0 Å². The molecular formula is C24H25Br2F3N4. The number of nitrogens with zero attached hydrogens (tertiary/aromatic N) is 3. The normalized spacial score (nSPS) is 18.0. The van der Waals surface area contributed by atoms with Gasteiger partial charge in [0, 0.05) is 27.3 Å². The molecule has 0 amide bonds. The fraction of sp³-hybridized carbons (Fsp3) is 0.417. The molecule has 1 aromatic heterocycles. The number of nitrogens with one attached hydrogen (secondary N) is 1. The van der Waals surface area contributed by atoms with Crippen molar-refractivity contribution < 1.29 is 13.2 Å². The van der Waals surface area contributed by atoms with Crippen LogP contribution in [0.25, 0.3) is 11.0 Å². The summed E-state index contributed by atoms with van der Waals surface area (Å²) in [6.07, 6.45) is 3.59. The quantitative estimate of drug-likeness (QED) is 0.317. The fourth-order valence-corrected chi connectivity index (χ4v) is 5.14. The number of anilines is 1. The van der Waals surface area contributed by atoms with Gasteiger partial charge in [-0.25, -0.2) is 18.2 Å². The number of hydrogen-bond acceptors (Lipinski definition) is 3. The van der Waals surface area contributed by atoms with Crippen molar-refractivity contribution in [3.05, 3.63) is 56.5 Å². The third kappa shape index (κ3) is 4.99. The molecule has 0 spiro atoms. The lowest BCUT2D eigenvalue weighted by molar-refractivity contribution is 0.386. The smallest absolute Gasteiger partial charge is 0.152 e. The number of rotatable bonds is 1. The summed E-state index contributed by atoms with van der Waals surface area (Å²) in [6.45, 7) is 8.33. The van der Waals surface area contributed by atoms with Crippen LogP contribution in [-0.2, 0) is 12.0 Å². The van der Waals surface area contributed by atoms with Gasteiger partial charge in [0.1, 0.15) is 22.9 Å². The predicted octanol–water partition coefficient (Wildman–Crippen LogP) is 7.73. The van der Waals surface area contributed by atoms with E-state index >= 15 is 0 Å². The zero-order valence-electron chi connectivity index (χ0n) is 18.9. The molecule has 3 aromatic rings. The molecule has 4 nitrogen and oxygen atoms in total. The Morgan fingerprint density at radius 3 is 2.09 bits per heavy atom. The summed E-state index contributed by atoms with van der Waals surface area (Å²) in [6, 6.07) is 5.87. The molecule has 9 heteroatoms. The van der Waals surface area contributed by atoms with Gasteiger partial charge in [-0.1, -0.05) is 31.9 Å². The Bertz CT molecular complexity index is 1240. The molecule has 0 unspecified atom stereocenters. The van der Waals surface area contributed by atoms with Gasteiger partial charge in [-0.05, 0) is 64.8 Å². The monoisotopic (exact) mass is 584 g/mol. The van der Waals surface area contributed by atoms with Crippen LogP contribution < -0.4 is 5.32 Å². The van der Waals surface area contributed by atoms with Crippen molar-refractivity contribution in [1.29, 1.82) is 0 Å². The molecule has 2 aliphatic heterocycles. The van der Waals surface area contributed by atoms with Crippen LogP contribution in [0.5, 0.6) is 0 Å². The zero-order valence-corrected chi connectivity index (χ0v) is 22.0. The van der Waals surface area contributed by atoms with Crippen LogP contribution in [0.3, 0.4) is 0 Å². The number of imidazole rings is 1. The third-order valence-corrected chi connectivity index (χ3v) is 6.92. The highest BCUT2D eigenvalue weighted by Crippen LogP contribution is 2.37. The molecule has 3 heterocycles. The Morgan fingerprint density at radius 2 is 1.48 bits per heavy atom. The Hall–Kier alpha value is -1.87. The first-order valence-corrected chi connectivity index (χ1v) is 12.3. The summed E-state index contributed by atoms with van der Waals surface area (Å²) in [5, 5.41) is 2.74. The van der Waals surface area contributed by atoms with E-state index in [1.807, 2.05) is 19.9 Å². The number of amidine groups is 1. The number of hydrogen-bond donors (Lipinski definition) is 1. The minimum absolute atomic E-state index is 0.0390. The predicted molar refractivity (Wildman–Crippen MR) is 133 cm³/mol. The minimum Gasteiger partial charge on any atom is -0.339 e. The first-order valence-electron chi connectivity index (χ1n) is 10.7. The second-order valence-electron chi connectivity index (χ2n) is 9.67. The lowest BCUT2D eigenvalue weighted by Gasteiger charge is -2.21. The molecule has 2 aliphatic rings. The molecule has 2 aromatic carbocycles. The van der Waals surface area contributed by atoms with Gasteiger partial charge in [-0.3, -0.25) is 4.99 Å². The first-order chi connectivity index (χ1) is 15.4. The first kappa shape index (κ1) is 24.3. The second kappa shape index (κ2) is 8.73. The van der Waals surface area contributed by atoms with Crippen molar-refractivity contribution in [3.63, 3.8) is 0 Å². The third-order valence-electron chi connectivity index (χ3n) is 6.00. The number of halogens is 5. The summed E-state index contributed by atoms with van der Waals surface area (Å²) in [5.41, 5.74) is 1.14. The van der Waals surface area contributed by atoms with Gasteiger partial charge in [0.05, 0.1) is 11.1 Å². The van der Waals surface area contributed by atoms with E-state index in [2.05, 4.69) is 65.6 Å². The highest BCUT2D eigenvalue weighted by atomic mass is 79.9. The number of fused-ring (bicyclic) bond motifs is 3. The van der Waals surface area contributed by atoms with E-state index in [0.29, 0.717) is 22.2 Å². The van der Waals surface area contributed by atoms with Crippen LogP contribution in [0.4, 0.5) is 18.9 Å². The molecule has 0 saturated carbocycles. The van der Waals surface area contributed by atoms with Crippen molar-refractivity contribution >= 4 is 54.4 Å². The van der Waals surface area contributed by atoms with E-state index in [4.69, 9.17) is 0 Å². The van der Waals surface area contributed by atoms with Crippen molar-refractivity contribution in [2.75, 3.05) is 5.32 Å². The summed E-state index contributed by atoms with van der Waals surface area (Å²) < 4.78 is 44.2. The topological polar surface area (TPSA) is 42.2 Å².